The van der Waals surface area contributed by atoms with Crippen molar-refractivity contribution in [3.05, 3.63) is 0 Å². The molecule has 3 nitrogen and oxygen atoms in total. The van der Waals surface area contributed by atoms with Crippen LogP contribution in [-0.2, 0) is 9.84 Å². The van der Waals surface area contributed by atoms with E-state index in [2.05, 4.69) is 5.32 Å². The lowest BCUT2D eigenvalue weighted by atomic mass is 9.86. The Morgan fingerprint density at radius 1 is 1.22 bits per heavy atom. The predicted molar refractivity (Wildman–Crippen MR) is 66.6 cm³/mol. The van der Waals surface area contributed by atoms with Crippen LogP contribution in [0.25, 0.3) is 0 Å². The normalized spacial score (nSPS) is 35.2. The highest BCUT2D eigenvalue weighted by atomic mass is 32.2. The lowest BCUT2D eigenvalue weighted by Gasteiger charge is -2.31. The molecule has 2 fully saturated rings. The average molecular weight is 281 g/mol. The van der Waals surface area contributed by atoms with E-state index < -0.39 is 15.8 Å². The third-order valence-electron chi connectivity index (χ3n) is 3.90. The molecule has 6 heteroatoms. The maximum absolute atomic E-state index is 13.2. The van der Waals surface area contributed by atoms with Crippen molar-refractivity contribution in [1.29, 1.82) is 0 Å². The van der Waals surface area contributed by atoms with E-state index in [1.165, 1.54) is 0 Å². The van der Waals surface area contributed by atoms with Crippen LogP contribution in [0.3, 0.4) is 0 Å². The van der Waals surface area contributed by atoms with Crippen molar-refractivity contribution >= 4 is 9.84 Å². The monoisotopic (exact) mass is 281 g/mol. The van der Waals surface area contributed by atoms with Crippen LogP contribution in [-0.4, -0.2) is 38.4 Å². The molecule has 0 radical (unpaired) electrons. The Morgan fingerprint density at radius 2 is 2.00 bits per heavy atom. The van der Waals surface area contributed by atoms with Crippen LogP contribution in [0, 0.1) is 5.92 Å². The molecule has 1 aliphatic carbocycles. The summed E-state index contributed by atoms with van der Waals surface area (Å²) in [6.45, 7) is 0.524. The Kier molecular flexibility index (Phi) is 4.26. The second kappa shape index (κ2) is 5.41. The van der Waals surface area contributed by atoms with E-state index >= 15 is 0 Å². The molecule has 106 valence electrons. The summed E-state index contributed by atoms with van der Waals surface area (Å²) in [6.07, 6.45) is 2.86. The van der Waals surface area contributed by atoms with E-state index in [0.29, 0.717) is 19.4 Å². The highest BCUT2D eigenvalue weighted by Gasteiger charge is 2.36. The number of hydrogen-bond donors (Lipinski definition) is 1. The third-order valence-corrected chi connectivity index (χ3v) is 5.72. The van der Waals surface area contributed by atoms with E-state index in [4.69, 9.17) is 0 Å². The zero-order valence-electron chi connectivity index (χ0n) is 10.5. The quantitative estimate of drug-likeness (QED) is 0.860. The summed E-state index contributed by atoms with van der Waals surface area (Å²) in [5.74, 6) is -2.11. The Morgan fingerprint density at radius 3 is 2.67 bits per heavy atom. The lowest BCUT2D eigenvalue weighted by Crippen LogP contribution is -2.43. The molecule has 0 aromatic carbocycles. The molecule has 1 aliphatic heterocycles. The van der Waals surface area contributed by atoms with E-state index in [1.807, 2.05) is 0 Å². The van der Waals surface area contributed by atoms with Gasteiger partial charge < -0.3 is 5.32 Å². The number of rotatable bonds is 3. The van der Waals surface area contributed by atoms with Crippen LogP contribution in [0.5, 0.6) is 0 Å². The predicted octanol–water partition coefficient (Wildman–Crippen LogP) is 1.98. The van der Waals surface area contributed by atoms with Crippen LogP contribution in [0.15, 0.2) is 0 Å². The zero-order valence-corrected chi connectivity index (χ0v) is 11.3. The van der Waals surface area contributed by atoms with Gasteiger partial charge in [0.25, 0.3) is 0 Å². The van der Waals surface area contributed by atoms with E-state index in [9.17, 15) is 17.2 Å². The molecule has 18 heavy (non-hydrogen) atoms. The van der Waals surface area contributed by atoms with Crippen LogP contribution >= 0.6 is 0 Å². The number of halogens is 2. The van der Waals surface area contributed by atoms with Gasteiger partial charge in [-0.3, -0.25) is 0 Å². The lowest BCUT2D eigenvalue weighted by molar-refractivity contribution is -0.0522. The smallest absolute Gasteiger partial charge is 0.248 e. The van der Waals surface area contributed by atoms with Gasteiger partial charge in [-0.25, -0.2) is 17.2 Å². The molecule has 2 rings (SSSR count). The molecule has 1 saturated carbocycles. The first-order valence-electron chi connectivity index (χ1n) is 6.68. The molecule has 1 N–H and O–H groups in total. The molecular weight excluding hydrogens is 260 g/mol. The standard InChI is InChI=1S/C12H21F2NO2S/c13-12(14)5-1-3-10(7-12)8-15-11-4-2-6-18(16,17)9-11/h10-11,15H,1-9H2. The summed E-state index contributed by atoms with van der Waals surface area (Å²) in [7, 11) is -2.92. The van der Waals surface area contributed by atoms with Gasteiger partial charge in [0, 0.05) is 18.9 Å². The molecule has 0 bridgehead atoms. The molecule has 0 aromatic heterocycles. The third kappa shape index (κ3) is 4.16. The van der Waals surface area contributed by atoms with Gasteiger partial charge in [-0.05, 0) is 38.1 Å². The van der Waals surface area contributed by atoms with E-state index in [1.54, 1.807) is 0 Å². The minimum absolute atomic E-state index is 0.00130. The van der Waals surface area contributed by atoms with Gasteiger partial charge >= 0.3 is 0 Å². The summed E-state index contributed by atoms with van der Waals surface area (Å²) in [5, 5.41) is 3.17. The van der Waals surface area contributed by atoms with Crippen molar-refractivity contribution in [3.63, 3.8) is 0 Å². The van der Waals surface area contributed by atoms with Crippen molar-refractivity contribution in [2.45, 2.75) is 50.5 Å². The van der Waals surface area contributed by atoms with Crippen LogP contribution in [0.4, 0.5) is 8.78 Å². The van der Waals surface area contributed by atoms with Gasteiger partial charge in [0.15, 0.2) is 9.84 Å². The first-order chi connectivity index (χ1) is 8.36. The maximum Gasteiger partial charge on any atom is 0.248 e. The van der Waals surface area contributed by atoms with Crippen molar-refractivity contribution < 1.29 is 17.2 Å². The molecule has 0 aromatic rings. The first-order valence-corrected chi connectivity index (χ1v) is 8.50. The molecular formula is C12H21F2NO2S. The minimum Gasteiger partial charge on any atom is -0.313 e. The highest BCUT2D eigenvalue weighted by molar-refractivity contribution is 7.91. The second-order valence-electron chi connectivity index (χ2n) is 5.68. The molecule has 0 spiro atoms. The molecule has 1 saturated heterocycles. The van der Waals surface area contributed by atoms with Crippen molar-refractivity contribution in [3.8, 4) is 0 Å². The van der Waals surface area contributed by atoms with Crippen LogP contribution in [0.1, 0.15) is 38.5 Å². The average Bonchev–Trinajstić information content (AvgIpc) is 2.24. The molecule has 1 heterocycles. The van der Waals surface area contributed by atoms with Crippen molar-refractivity contribution in [2.75, 3.05) is 18.1 Å². The largest absolute Gasteiger partial charge is 0.313 e. The summed E-state index contributed by atoms with van der Waals surface area (Å²) in [5.41, 5.74) is 0. The Hall–Kier alpha value is -0.230. The first kappa shape index (κ1) is 14.2. The fraction of sp³-hybridized carbons (Fsp3) is 1.00. The Labute approximate surface area is 107 Å². The zero-order chi connectivity index (χ0) is 13.2. The van der Waals surface area contributed by atoms with Gasteiger partial charge in [0.2, 0.25) is 5.92 Å². The van der Waals surface area contributed by atoms with Gasteiger partial charge in [-0.15, -0.1) is 0 Å². The van der Waals surface area contributed by atoms with Gasteiger partial charge in [0.1, 0.15) is 0 Å². The number of nitrogens with one attached hydrogen (secondary N) is 1. The SMILES string of the molecule is O=S1(=O)CCCC(NCC2CCCC(F)(F)C2)C1. The molecule has 2 atom stereocenters. The number of hydrogen-bond acceptors (Lipinski definition) is 3. The van der Waals surface area contributed by atoms with Crippen molar-refractivity contribution in [1.82, 2.24) is 5.32 Å². The van der Waals surface area contributed by atoms with Crippen LogP contribution < -0.4 is 5.32 Å². The van der Waals surface area contributed by atoms with Crippen LogP contribution in [0.2, 0.25) is 0 Å². The Bertz CT molecular complexity index is 384. The summed E-state index contributed by atoms with van der Waals surface area (Å²) in [4.78, 5) is 0. The molecule has 2 unspecified atom stereocenters. The molecule has 2 aliphatic rings. The number of alkyl halides is 2. The van der Waals surface area contributed by atoms with E-state index in [0.717, 1.165) is 12.8 Å². The molecule has 0 amide bonds. The van der Waals surface area contributed by atoms with Crippen molar-refractivity contribution in [2.24, 2.45) is 5.92 Å². The number of sulfone groups is 1. The summed E-state index contributed by atoms with van der Waals surface area (Å²) in [6, 6.07) is -0.0423. The topological polar surface area (TPSA) is 46.2 Å². The van der Waals surface area contributed by atoms with Gasteiger partial charge in [0.05, 0.1) is 11.5 Å². The fourth-order valence-corrected chi connectivity index (χ4v) is 4.64. The fourth-order valence-electron chi connectivity index (χ4n) is 2.97. The Balaban J connectivity index is 1.77. The van der Waals surface area contributed by atoms with Gasteiger partial charge in [-0.2, -0.15) is 0 Å². The summed E-state index contributed by atoms with van der Waals surface area (Å²) < 4.78 is 49.3. The highest BCUT2D eigenvalue weighted by Crippen LogP contribution is 2.36. The summed E-state index contributed by atoms with van der Waals surface area (Å²) >= 11 is 0. The van der Waals surface area contributed by atoms with E-state index in [-0.39, 0.29) is 36.3 Å². The minimum atomic E-state index is -2.92. The van der Waals surface area contributed by atoms with Gasteiger partial charge in [-0.1, -0.05) is 0 Å². The second-order valence-corrected chi connectivity index (χ2v) is 7.91. The maximum atomic E-state index is 13.2.